The highest BCUT2D eigenvalue weighted by molar-refractivity contribution is 5.94. The van der Waals surface area contributed by atoms with Crippen LogP contribution in [0.25, 0.3) is 11.1 Å². The first-order chi connectivity index (χ1) is 15.6. The third-order valence-corrected chi connectivity index (χ3v) is 5.18. The van der Waals surface area contributed by atoms with Crippen LogP contribution >= 0.6 is 0 Å². The third-order valence-electron chi connectivity index (χ3n) is 5.18. The number of nitrogens with one attached hydrogen (secondary N) is 2. The zero-order chi connectivity index (χ0) is 22.3. The van der Waals surface area contributed by atoms with Crippen LogP contribution < -0.4 is 10.6 Å². The number of aromatic nitrogens is 4. The van der Waals surface area contributed by atoms with Crippen LogP contribution in [0.5, 0.6) is 0 Å². The van der Waals surface area contributed by atoms with E-state index in [0.717, 1.165) is 34.4 Å². The SMILES string of the molecule is Cc1ccc(CCN[C@H](C(=O)Nc2ccc(-c3cnn(C)c3)cn2)c2ccccc2)cn1. The standard InChI is InChI=1S/C25H26N6O/c1-18-8-9-19(14-27-18)12-13-26-24(20-6-4-3-5-7-20)25(32)30-23-11-10-21(15-28-23)22-16-29-31(2)17-22/h3-11,14-17,24,26H,12-13H2,1-2H3,(H,28,30,32)/t24-/m0/s1. The third kappa shape index (κ3) is 5.44. The van der Waals surface area contributed by atoms with E-state index in [0.29, 0.717) is 12.4 Å². The zero-order valence-electron chi connectivity index (χ0n) is 18.2. The van der Waals surface area contributed by atoms with Gasteiger partial charge in [-0.3, -0.25) is 14.5 Å². The number of rotatable bonds is 8. The van der Waals surface area contributed by atoms with E-state index in [4.69, 9.17) is 0 Å². The summed E-state index contributed by atoms with van der Waals surface area (Å²) in [7, 11) is 1.87. The van der Waals surface area contributed by atoms with E-state index in [-0.39, 0.29) is 5.91 Å². The Balaban J connectivity index is 1.43. The van der Waals surface area contributed by atoms with Gasteiger partial charge in [0.05, 0.1) is 6.20 Å². The summed E-state index contributed by atoms with van der Waals surface area (Å²) in [4.78, 5) is 21.9. The summed E-state index contributed by atoms with van der Waals surface area (Å²) in [6, 6.07) is 17.0. The molecule has 32 heavy (non-hydrogen) atoms. The maximum Gasteiger partial charge on any atom is 0.247 e. The van der Waals surface area contributed by atoms with Crippen molar-refractivity contribution in [2.45, 2.75) is 19.4 Å². The van der Waals surface area contributed by atoms with Crippen LogP contribution in [0.1, 0.15) is 22.9 Å². The number of carbonyl (C=O) groups is 1. The maximum absolute atomic E-state index is 13.1. The van der Waals surface area contributed by atoms with Gasteiger partial charge in [-0.05, 0) is 42.7 Å². The zero-order valence-corrected chi connectivity index (χ0v) is 18.2. The molecule has 0 spiro atoms. The van der Waals surface area contributed by atoms with E-state index in [9.17, 15) is 4.79 Å². The summed E-state index contributed by atoms with van der Waals surface area (Å²) >= 11 is 0. The molecule has 0 bridgehead atoms. The fourth-order valence-corrected chi connectivity index (χ4v) is 3.42. The molecule has 3 aromatic heterocycles. The Morgan fingerprint density at radius 1 is 0.969 bits per heavy atom. The monoisotopic (exact) mass is 426 g/mol. The summed E-state index contributed by atoms with van der Waals surface area (Å²) in [5.41, 5.74) is 4.94. The highest BCUT2D eigenvalue weighted by Gasteiger charge is 2.20. The number of pyridine rings is 2. The molecule has 7 nitrogen and oxygen atoms in total. The molecule has 1 aromatic carbocycles. The molecule has 4 aromatic rings. The molecule has 0 saturated heterocycles. The van der Waals surface area contributed by atoms with Crippen LogP contribution in [-0.4, -0.2) is 32.2 Å². The number of aryl methyl sites for hydroxylation is 2. The predicted molar refractivity (Wildman–Crippen MR) is 125 cm³/mol. The molecule has 162 valence electrons. The van der Waals surface area contributed by atoms with Gasteiger partial charge in [0.25, 0.3) is 0 Å². The van der Waals surface area contributed by atoms with Crippen molar-refractivity contribution in [1.82, 2.24) is 25.1 Å². The molecule has 2 N–H and O–H groups in total. The lowest BCUT2D eigenvalue weighted by molar-refractivity contribution is -0.118. The van der Waals surface area contributed by atoms with Gasteiger partial charge in [-0.25, -0.2) is 4.98 Å². The van der Waals surface area contributed by atoms with E-state index in [2.05, 4.69) is 31.8 Å². The quantitative estimate of drug-likeness (QED) is 0.449. The highest BCUT2D eigenvalue weighted by atomic mass is 16.2. The van der Waals surface area contributed by atoms with Crippen molar-refractivity contribution in [3.05, 3.63) is 96.2 Å². The van der Waals surface area contributed by atoms with Crippen LogP contribution in [0, 0.1) is 6.92 Å². The van der Waals surface area contributed by atoms with E-state index in [1.165, 1.54) is 0 Å². The lowest BCUT2D eigenvalue weighted by Crippen LogP contribution is -2.34. The molecule has 1 atom stereocenters. The summed E-state index contributed by atoms with van der Waals surface area (Å²) < 4.78 is 1.74. The van der Waals surface area contributed by atoms with Gasteiger partial charge in [0.15, 0.2) is 0 Å². The second kappa shape index (κ2) is 9.98. The fourth-order valence-electron chi connectivity index (χ4n) is 3.42. The van der Waals surface area contributed by atoms with E-state index >= 15 is 0 Å². The van der Waals surface area contributed by atoms with Crippen molar-refractivity contribution in [2.24, 2.45) is 7.05 Å². The van der Waals surface area contributed by atoms with Crippen molar-refractivity contribution >= 4 is 11.7 Å². The van der Waals surface area contributed by atoms with E-state index in [1.54, 1.807) is 23.1 Å². The Morgan fingerprint density at radius 3 is 2.47 bits per heavy atom. The average Bonchev–Trinajstić information content (AvgIpc) is 3.25. The van der Waals surface area contributed by atoms with Gasteiger partial charge in [0.2, 0.25) is 5.91 Å². The second-order valence-corrected chi connectivity index (χ2v) is 7.68. The van der Waals surface area contributed by atoms with Crippen LogP contribution in [0.3, 0.4) is 0 Å². The van der Waals surface area contributed by atoms with Crippen LogP contribution in [0.4, 0.5) is 5.82 Å². The average molecular weight is 427 g/mol. The number of hydrogen-bond donors (Lipinski definition) is 2. The predicted octanol–water partition coefficient (Wildman–Crippen LogP) is 3.70. The fraction of sp³-hybridized carbons (Fsp3) is 0.200. The lowest BCUT2D eigenvalue weighted by Gasteiger charge is -2.19. The molecule has 0 saturated carbocycles. The number of nitrogens with zero attached hydrogens (tertiary/aromatic N) is 4. The van der Waals surface area contributed by atoms with E-state index < -0.39 is 6.04 Å². The number of carbonyl (C=O) groups excluding carboxylic acids is 1. The molecule has 0 unspecified atom stereocenters. The molecular weight excluding hydrogens is 400 g/mol. The van der Waals surface area contributed by atoms with Crippen molar-refractivity contribution in [3.63, 3.8) is 0 Å². The number of benzene rings is 1. The largest absolute Gasteiger partial charge is 0.309 e. The minimum absolute atomic E-state index is 0.153. The van der Waals surface area contributed by atoms with Gasteiger partial charge in [-0.15, -0.1) is 0 Å². The Bertz CT molecular complexity index is 1150. The Kier molecular flexibility index (Phi) is 6.67. The van der Waals surface area contributed by atoms with Gasteiger partial charge < -0.3 is 10.6 Å². The maximum atomic E-state index is 13.1. The van der Waals surface area contributed by atoms with E-state index in [1.807, 2.05) is 68.8 Å². The lowest BCUT2D eigenvalue weighted by atomic mass is 10.1. The summed E-state index contributed by atoms with van der Waals surface area (Å²) in [6.07, 6.45) is 8.11. The number of anilines is 1. The van der Waals surface area contributed by atoms with Gasteiger partial charge in [-0.1, -0.05) is 36.4 Å². The van der Waals surface area contributed by atoms with Crippen molar-refractivity contribution in [3.8, 4) is 11.1 Å². The summed E-state index contributed by atoms with van der Waals surface area (Å²) in [5, 5.41) is 10.5. The van der Waals surface area contributed by atoms with Gasteiger partial charge in [-0.2, -0.15) is 5.10 Å². The molecule has 4 rings (SSSR count). The van der Waals surface area contributed by atoms with Gasteiger partial charge >= 0.3 is 0 Å². The normalized spacial score (nSPS) is 11.8. The smallest absolute Gasteiger partial charge is 0.247 e. The van der Waals surface area contributed by atoms with Crippen LogP contribution in [0.2, 0.25) is 0 Å². The first-order valence-corrected chi connectivity index (χ1v) is 10.5. The molecule has 0 fully saturated rings. The molecule has 0 radical (unpaired) electrons. The molecule has 1 amide bonds. The Labute approximate surface area is 187 Å². The number of amides is 1. The van der Waals surface area contributed by atoms with Gasteiger partial charge in [0.1, 0.15) is 11.9 Å². The van der Waals surface area contributed by atoms with Crippen molar-refractivity contribution in [2.75, 3.05) is 11.9 Å². The summed E-state index contributed by atoms with van der Waals surface area (Å²) in [5.74, 6) is 0.355. The van der Waals surface area contributed by atoms with Crippen molar-refractivity contribution in [1.29, 1.82) is 0 Å². The molecule has 0 aliphatic heterocycles. The molecule has 7 heteroatoms. The summed E-state index contributed by atoms with van der Waals surface area (Å²) in [6.45, 7) is 2.61. The Morgan fingerprint density at radius 2 is 1.81 bits per heavy atom. The molecule has 0 aliphatic rings. The molecule has 3 heterocycles. The molecular formula is C25H26N6O. The number of hydrogen-bond acceptors (Lipinski definition) is 5. The van der Waals surface area contributed by atoms with Crippen LogP contribution in [-0.2, 0) is 18.3 Å². The minimum atomic E-state index is -0.491. The van der Waals surface area contributed by atoms with Gasteiger partial charge in [0, 0.05) is 49.0 Å². The second-order valence-electron chi connectivity index (χ2n) is 7.68. The molecule has 0 aliphatic carbocycles. The minimum Gasteiger partial charge on any atom is -0.309 e. The highest BCUT2D eigenvalue weighted by Crippen LogP contribution is 2.20. The first-order valence-electron chi connectivity index (χ1n) is 10.5. The van der Waals surface area contributed by atoms with Crippen LogP contribution in [0.15, 0.2) is 79.4 Å². The first kappa shape index (κ1) is 21.4. The topological polar surface area (TPSA) is 84.7 Å². The van der Waals surface area contributed by atoms with Crippen molar-refractivity contribution < 1.29 is 4.79 Å². The Hall–Kier alpha value is -3.84.